The van der Waals surface area contributed by atoms with E-state index in [0.717, 1.165) is 17.9 Å². The molecule has 0 fully saturated rings. The Bertz CT molecular complexity index is 354. The molecule has 4 nitrogen and oxygen atoms in total. The number of carboxylic acids is 1. The molecule has 0 unspecified atom stereocenters. The van der Waals surface area contributed by atoms with Crippen LogP contribution in [0, 0.1) is 0 Å². The van der Waals surface area contributed by atoms with Crippen LogP contribution in [-0.2, 0) is 11.3 Å². The molecule has 0 atom stereocenters. The molecule has 4 heteroatoms. The van der Waals surface area contributed by atoms with Gasteiger partial charge in [0.2, 0.25) is 0 Å². The van der Waals surface area contributed by atoms with Gasteiger partial charge in [0.15, 0.2) is 0 Å². The lowest BCUT2D eigenvalue weighted by Crippen LogP contribution is -2.24. The Kier molecular flexibility index (Phi) is 4.79. The summed E-state index contributed by atoms with van der Waals surface area (Å²) >= 11 is 0. The lowest BCUT2D eigenvalue weighted by atomic mass is 10.2. The Morgan fingerprint density at radius 3 is 2.88 bits per heavy atom. The van der Waals surface area contributed by atoms with Gasteiger partial charge in [0, 0.05) is 12.6 Å². The largest absolute Gasteiger partial charge is 0.478 e. The van der Waals surface area contributed by atoms with Gasteiger partial charge in [0.1, 0.15) is 5.76 Å². The Morgan fingerprint density at radius 1 is 1.62 bits per heavy atom. The minimum atomic E-state index is -0.897. The fourth-order valence-corrected chi connectivity index (χ4v) is 1.51. The van der Waals surface area contributed by atoms with Gasteiger partial charge >= 0.3 is 5.97 Å². The molecule has 0 amide bonds. The first-order valence-electron chi connectivity index (χ1n) is 5.26. The Balaban J connectivity index is 2.52. The zero-order valence-electron chi connectivity index (χ0n) is 9.64. The van der Waals surface area contributed by atoms with Gasteiger partial charge in [-0.2, -0.15) is 0 Å². The molecule has 0 bridgehead atoms. The highest BCUT2D eigenvalue weighted by molar-refractivity contribution is 5.80. The molecule has 0 radical (unpaired) electrons. The SMILES string of the molecule is CCN(CC(C)=CC(=O)O)Cc1ccco1. The number of furan rings is 1. The van der Waals surface area contributed by atoms with Gasteiger partial charge in [-0.25, -0.2) is 4.79 Å². The first-order valence-corrected chi connectivity index (χ1v) is 5.26. The summed E-state index contributed by atoms with van der Waals surface area (Å²) in [4.78, 5) is 12.6. The molecule has 88 valence electrons. The molecule has 1 heterocycles. The van der Waals surface area contributed by atoms with Gasteiger partial charge in [-0.15, -0.1) is 0 Å². The van der Waals surface area contributed by atoms with Crippen LogP contribution in [0.1, 0.15) is 19.6 Å². The van der Waals surface area contributed by atoms with Crippen LogP contribution in [0.4, 0.5) is 0 Å². The molecular formula is C12H17NO3. The monoisotopic (exact) mass is 223 g/mol. The van der Waals surface area contributed by atoms with E-state index in [-0.39, 0.29) is 0 Å². The number of nitrogens with zero attached hydrogens (tertiary/aromatic N) is 1. The average Bonchev–Trinajstić information content (AvgIpc) is 2.68. The third-order valence-electron chi connectivity index (χ3n) is 2.25. The number of hydrogen-bond acceptors (Lipinski definition) is 3. The Morgan fingerprint density at radius 2 is 2.38 bits per heavy atom. The summed E-state index contributed by atoms with van der Waals surface area (Å²) in [5.74, 6) is -0.00322. The van der Waals surface area contributed by atoms with Gasteiger partial charge in [0.05, 0.1) is 12.8 Å². The van der Waals surface area contributed by atoms with E-state index in [2.05, 4.69) is 4.90 Å². The van der Waals surface area contributed by atoms with E-state index in [1.54, 1.807) is 6.26 Å². The summed E-state index contributed by atoms with van der Waals surface area (Å²) in [6.07, 6.45) is 2.88. The molecule has 1 rings (SSSR count). The molecule has 1 aromatic rings. The third kappa shape index (κ3) is 4.31. The molecular weight excluding hydrogens is 206 g/mol. The maximum atomic E-state index is 10.5. The fourth-order valence-electron chi connectivity index (χ4n) is 1.51. The van der Waals surface area contributed by atoms with Crippen molar-refractivity contribution in [1.82, 2.24) is 4.90 Å². The van der Waals surface area contributed by atoms with E-state index in [1.165, 1.54) is 6.08 Å². The van der Waals surface area contributed by atoms with Crippen molar-refractivity contribution in [2.75, 3.05) is 13.1 Å². The highest BCUT2D eigenvalue weighted by Crippen LogP contribution is 2.07. The minimum absolute atomic E-state index is 0.642. The maximum Gasteiger partial charge on any atom is 0.328 e. The van der Waals surface area contributed by atoms with Crippen LogP contribution in [0.3, 0.4) is 0 Å². The lowest BCUT2D eigenvalue weighted by molar-refractivity contribution is -0.131. The van der Waals surface area contributed by atoms with E-state index in [1.807, 2.05) is 26.0 Å². The predicted octanol–water partition coefficient (Wildman–Crippen LogP) is 2.13. The van der Waals surface area contributed by atoms with E-state index in [9.17, 15) is 4.79 Å². The van der Waals surface area contributed by atoms with Crippen molar-refractivity contribution < 1.29 is 14.3 Å². The van der Waals surface area contributed by atoms with Crippen molar-refractivity contribution >= 4 is 5.97 Å². The number of carbonyl (C=O) groups is 1. The normalized spacial score (nSPS) is 12.1. The number of carboxylic acid groups (broad SMARTS) is 1. The van der Waals surface area contributed by atoms with Crippen LogP contribution >= 0.6 is 0 Å². The van der Waals surface area contributed by atoms with Crippen LogP contribution in [0.2, 0.25) is 0 Å². The van der Waals surface area contributed by atoms with E-state index in [0.29, 0.717) is 13.1 Å². The molecule has 0 aliphatic carbocycles. The summed E-state index contributed by atoms with van der Waals surface area (Å²) in [6.45, 7) is 6.05. The van der Waals surface area contributed by atoms with Gasteiger partial charge in [-0.05, 0) is 25.6 Å². The summed E-state index contributed by atoms with van der Waals surface area (Å²) < 4.78 is 5.25. The van der Waals surface area contributed by atoms with Gasteiger partial charge in [-0.3, -0.25) is 4.90 Å². The van der Waals surface area contributed by atoms with E-state index >= 15 is 0 Å². The van der Waals surface area contributed by atoms with Crippen LogP contribution < -0.4 is 0 Å². The van der Waals surface area contributed by atoms with Gasteiger partial charge in [-0.1, -0.05) is 12.5 Å². The minimum Gasteiger partial charge on any atom is -0.478 e. The second kappa shape index (κ2) is 6.12. The van der Waals surface area contributed by atoms with E-state index in [4.69, 9.17) is 9.52 Å². The number of likely N-dealkylation sites (N-methyl/N-ethyl adjacent to an activating group) is 1. The van der Waals surface area contributed by atoms with Crippen LogP contribution in [0.25, 0.3) is 0 Å². The van der Waals surface area contributed by atoms with Crippen molar-refractivity contribution in [3.63, 3.8) is 0 Å². The molecule has 0 aliphatic rings. The quantitative estimate of drug-likeness (QED) is 0.751. The summed E-state index contributed by atoms with van der Waals surface area (Å²) in [5, 5.41) is 8.61. The summed E-state index contributed by atoms with van der Waals surface area (Å²) in [5.41, 5.74) is 0.834. The molecule has 1 N–H and O–H groups in total. The molecule has 0 saturated carbocycles. The van der Waals surface area contributed by atoms with E-state index < -0.39 is 5.97 Å². The van der Waals surface area contributed by atoms with Gasteiger partial charge < -0.3 is 9.52 Å². The third-order valence-corrected chi connectivity index (χ3v) is 2.25. The smallest absolute Gasteiger partial charge is 0.328 e. The van der Waals surface area contributed by atoms with Crippen molar-refractivity contribution in [2.45, 2.75) is 20.4 Å². The highest BCUT2D eigenvalue weighted by atomic mass is 16.4. The van der Waals surface area contributed by atoms with Crippen LogP contribution in [0.15, 0.2) is 34.5 Å². The molecule has 0 spiro atoms. The molecule has 16 heavy (non-hydrogen) atoms. The molecule has 1 aromatic heterocycles. The zero-order chi connectivity index (χ0) is 12.0. The molecule has 0 aliphatic heterocycles. The summed E-state index contributed by atoms with van der Waals surface area (Å²) in [6, 6.07) is 3.77. The van der Waals surface area contributed by atoms with Crippen molar-refractivity contribution in [1.29, 1.82) is 0 Å². The first-order chi connectivity index (χ1) is 7.61. The van der Waals surface area contributed by atoms with Crippen molar-refractivity contribution in [3.8, 4) is 0 Å². The highest BCUT2D eigenvalue weighted by Gasteiger charge is 2.06. The van der Waals surface area contributed by atoms with Crippen LogP contribution in [0.5, 0.6) is 0 Å². The van der Waals surface area contributed by atoms with Gasteiger partial charge in [0.25, 0.3) is 0 Å². The lowest BCUT2D eigenvalue weighted by Gasteiger charge is -2.19. The zero-order valence-corrected chi connectivity index (χ0v) is 9.64. The first kappa shape index (κ1) is 12.5. The summed E-state index contributed by atoms with van der Waals surface area (Å²) in [7, 11) is 0. The topological polar surface area (TPSA) is 53.7 Å². The average molecular weight is 223 g/mol. The maximum absolute atomic E-state index is 10.5. The second-order valence-corrected chi connectivity index (χ2v) is 3.71. The number of hydrogen-bond donors (Lipinski definition) is 1. The Hall–Kier alpha value is -1.55. The fraction of sp³-hybridized carbons (Fsp3) is 0.417. The molecule has 0 aromatic carbocycles. The standard InChI is InChI=1S/C12H17NO3/c1-3-13(8-10(2)7-12(14)15)9-11-5-4-6-16-11/h4-7H,3,8-9H2,1-2H3,(H,14,15). The van der Waals surface area contributed by atoms with Crippen molar-refractivity contribution in [2.24, 2.45) is 0 Å². The molecule has 0 saturated heterocycles. The number of rotatable bonds is 6. The number of aliphatic carboxylic acids is 1. The van der Waals surface area contributed by atoms with Crippen LogP contribution in [-0.4, -0.2) is 29.1 Å². The second-order valence-electron chi connectivity index (χ2n) is 3.71. The Labute approximate surface area is 95.2 Å². The predicted molar refractivity (Wildman–Crippen MR) is 61.1 cm³/mol. The van der Waals surface area contributed by atoms with Crippen molar-refractivity contribution in [3.05, 3.63) is 35.8 Å².